The van der Waals surface area contributed by atoms with E-state index in [1.54, 1.807) is 4.90 Å². The number of nitriles is 1. The minimum atomic E-state index is -0.236. The third-order valence-corrected chi connectivity index (χ3v) is 9.00. The fraction of sp³-hybridized carbons (Fsp3) is 0.516. The quantitative estimate of drug-likeness (QED) is 0.428. The monoisotopic (exact) mass is 569 g/mol. The predicted octanol–water partition coefficient (Wildman–Crippen LogP) is 3.20. The van der Waals surface area contributed by atoms with Crippen molar-refractivity contribution in [3.05, 3.63) is 47.8 Å². The molecule has 2 atom stereocenters. The Balaban J connectivity index is 1.36. The molecule has 42 heavy (non-hydrogen) atoms. The van der Waals surface area contributed by atoms with Gasteiger partial charge in [0.25, 0.3) is 0 Å². The third-order valence-electron chi connectivity index (χ3n) is 9.00. The minimum Gasteiger partial charge on any atom is -0.462 e. The van der Waals surface area contributed by atoms with Gasteiger partial charge in [-0.1, -0.05) is 12.6 Å². The number of amides is 1. The van der Waals surface area contributed by atoms with Crippen LogP contribution in [0.1, 0.15) is 42.5 Å². The van der Waals surface area contributed by atoms with Gasteiger partial charge in [-0.25, -0.2) is 0 Å². The first-order valence-corrected chi connectivity index (χ1v) is 14.9. The molecule has 1 unspecified atom stereocenters. The fourth-order valence-electron chi connectivity index (χ4n) is 6.73. The van der Waals surface area contributed by atoms with Crippen LogP contribution in [-0.4, -0.2) is 94.3 Å². The van der Waals surface area contributed by atoms with Gasteiger partial charge in [-0.15, -0.1) is 0 Å². The van der Waals surface area contributed by atoms with Crippen LogP contribution >= 0.6 is 0 Å². The number of rotatable bonds is 7. The lowest BCUT2D eigenvalue weighted by atomic mass is 10.1. The molecule has 2 fully saturated rings. The second-order valence-corrected chi connectivity index (χ2v) is 11.6. The Bertz CT molecular complexity index is 1510. The number of likely N-dealkylation sites (tertiary alicyclic amines) is 1. The number of likely N-dealkylation sites (N-methyl/N-ethyl adjacent to an activating group) is 1. The molecule has 3 aliphatic rings. The number of piperazine rings is 1. The molecule has 220 valence electrons. The summed E-state index contributed by atoms with van der Waals surface area (Å²) >= 11 is 0. The minimum absolute atomic E-state index is 0.138. The number of ether oxygens (including phenoxy) is 1. The van der Waals surface area contributed by atoms with Crippen molar-refractivity contribution < 1.29 is 9.53 Å². The van der Waals surface area contributed by atoms with Gasteiger partial charge in [-0.3, -0.25) is 9.89 Å². The molecule has 1 aromatic carbocycles. The van der Waals surface area contributed by atoms with Gasteiger partial charge in [-0.2, -0.15) is 20.3 Å². The first-order chi connectivity index (χ1) is 20.5. The Morgan fingerprint density at radius 3 is 2.86 bits per heavy atom. The number of benzene rings is 1. The van der Waals surface area contributed by atoms with E-state index in [9.17, 15) is 10.1 Å². The second kappa shape index (κ2) is 12.0. The number of aryl methyl sites for hydroxylation is 1. The molecule has 2 aromatic heterocycles. The van der Waals surface area contributed by atoms with Gasteiger partial charge < -0.3 is 24.3 Å². The molecular weight excluding hydrogens is 530 g/mol. The van der Waals surface area contributed by atoms with Crippen molar-refractivity contribution in [1.82, 2.24) is 30.0 Å². The number of carbonyl (C=O) groups is 1. The summed E-state index contributed by atoms with van der Waals surface area (Å²) in [4.78, 5) is 31.3. The van der Waals surface area contributed by atoms with E-state index in [1.807, 2.05) is 6.20 Å². The number of anilines is 2. The number of aromatic amines is 1. The van der Waals surface area contributed by atoms with E-state index in [1.165, 1.54) is 23.7 Å². The number of nitrogens with one attached hydrogen (secondary N) is 1. The van der Waals surface area contributed by atoms with E-state index >= 15 is 0 Å². The highest BCUT2D eigenvalue weighted by atomic mass is 16.5. The SMILES string of the molecule is C=CC(=O)N1CCN(c2nc(OC[C@@H]3CCCN3C)nc3c2CCCN(c2c(C)ccc4[nH]ncc24)C3)CC1CC#N. The Morgan fingerprint density at radius 2 is 2.07 bits per heavy atom. The van der Waals surface area contributed by atoms with Gasteiger partial charge in [0.05, 0.1) is 48.2 Å². The number of fused-ring (bicyclic) bond motifs is 2. The molecule has 1 N–H and O–H groups in total. The smallest absolute Gasteiger partial charge is 0.318 e. The number of nitrogens with zero attached hydrogens (tertiary/aromatic N) is 8. The molecular formula is C31H39N9O2. The highest BCUT2D eigenvalue weighted by Gasteiger charge is 2.33. The summed E-state index contributed by atoms with van der Waals surface area (Å²) in [6.07, 6.45) is 7.54. The molecule has 0 bridgehead atoms. The van der Waals surface area contributed by atoms with Crippen molar-refractivity contribution in [2.45, 2.75) is 57.7 Å². The maximum absolute atomic E-state index is 12.6. The first kappa shape index (κ1) is 28.0. The van der Waals surface area contributed by atoms with Gasteiger partial charge in [0, 0.05) is 43.2 Å². The van der Waals surface area contributed by atoms with Crippen molar-refractivity contribution in [2.75, 3.05) is 56.2 Å². The highest BCUT2D eigenvalue weighted by Crippen LogP contribution is 2.35. The Morgan fingerprint density at radius 1 is 1.19 bits per heavy atom. The van der Waals surface area contributed by atoms with Crippen LogP contribution in [0.25, 0.3) is 10.9 Å². The molecule has 0 aliphatic carbocycles. The summed E-state index contributed by atoms with van der Waals surface area (Å²) in [7, 11) is 2.14. The zero-order chi connectivity index (χ0) is 29.2. The Labute approximate surface area is 246 Å². The third kappa shape index (κ3) is 5.39. The number of H-pyrrole nitrogens is 1. The summed E-state index contributed by atoms with van der Waals surface area (Å²) in [6.45, 7) is 10.6. The van der Waals surface area contributed by atoms with Crippen molar-refractivity contribution >= 4 is 28.3 Å². The van der Waals surface area contributed by atoms with Crippen LogP contribution in [0.5, 0.6) is 6.01 Å². The van der Waals surface area contributed by atoms with Crippen LogP contribution < -0.4 is 14.5 Å². The van der Waals surface area contributed by atoms with Gasteiger partial charge in [0.1, 0.15) is 12.4 Å². The average Bonchev–Trinajstić information content (AvgIpc) is 3.58. The Hall–Kier alpha value is -4.17. The van der Waals surface area contributed by atoms with Crippen LogP contribution in [0.15, 0.2) is 31.0 Å². The summed E-state index contributed by atoms with van der Waals surface area (Å²) in [5.41, 5.74) is 5.48. The average molecular weight is 570 g/mol. The van der Waals surface area contributed by atoms with Crippen molar-refractivity contribution in [1.29, 1.82) is 5.26 Å². The number of hydrogen-bond acceptors (Lipinski definition) is 9. The molecule has 0 radical (unpaired) electrons. The van der Waals surface area contributed by atoms with E-state index < -0.39 is 0 Å². The van der Waals surface area contributed by atoms with Gasteiger partial charge >= 0.3 is 6.01 Å². The van der Waals surface area contributed by atoms with Crippen molar-refractivity contribution in [3.63, 3.8) is 0 Å². The molecule has 11 heteroatoms. The molecule has 5 heterocycles. The van der Waals surface area contributed by atoms with Gasteiger partial charge in [-0.05, 0) is 63.9 Å². The maximum Gasteiger partial charge on any atom is 0.318 e. The van der Waals surface area contributed by atoms with E-state index in [-0.39, 0.29) is 18.4 Å². The fourth-order valence-corrected chi connectivity index (χ4v) is 6.73. The highest BCUT2D eigenvalue weighted by molar-refractivity contribution is 5.93. The zero-order valence-corrected chi connectivity index (χ0v) is 24.6. The molecule has 1 amide bonds. The summed E-state index contributed by atoms with van der Waals surface area (Å²) in [5.74, 6) is 0.726. The largest absolute Gasteiger partial charge is 0.462 e. The molecule has 0 spiro atoms. The second-order valence-electron chi connectivity index (χ2n) is 11.6. The van der Waals surface area contributed by atoms with Crippen LogP contribution in [0.2, 0.25) is 0 Å². The summed E-state index contributed by atoms with van der Waals surface area (Å²) in [6, 6.07) is 6.99. The molecule has 11 nitrogen and oxygen atoms in total. The van der Waals surface area contributed by atoms with E-state index in [4.69, 9.17) is 14.7 Å². The van der Waals surface area contributed by atoms with Crippen LogP contribution in [0, 0.1) is 18.3 Å². The molecule has 2 saturated heterocycles. The number of aromatic nitrogens is 4. The lowest BCUT2D eigenvalue weighted by Crippen LogP contribution is -2.55. The van der Waals surface area contributed by atoms with E-state index in [2.05, 4.69) is 63.6 Å². The van der Waals surface area contributed by atoms with Crippen LogP contribution in [-0.2, 0) is 17.8 Å². The van der Waals surface area contributed by atoms with E-state index in [0.29, 0.717) is 44.8 Å². The molecule has 6 rings (SSSR count). The normalized spacial score (nSPS) is 21.2. The lowest BCUT2D eigenvalue weighted by Gasteiger charge is -2.41. The standard InChI is InChI=1S/C31H39N9O2/c1-4-28(41)40-16-15-39(18-22(40)11-12-32)30-24-8-6-14-38(29-21(2)9-10-26-25(29)17-33-36-26)19-27(24)34-31(35-30)42-20-23-7-5-13-37(23)3/h4,9-10,17,22-23H,1,5-8,11,13-16,18-20H2,2-3H3,(H,33,36)/t22?,23-/m0/s1. The van der Waals surface area contributed by atoms with Gasteiger partial charge in [0.2, 0.25) is 5.91 Å². The summed E-state index contributed by atoms with van der Waals surface area (Å²) in [5, 5.41) is 18.1. The number of carbonyl (C=O) groups excluding carboxylic acids is 1. The van der Waals surface area contributed by atoms with Crippen molar-refractivity contribution in [3.8, 4) is 12.1 Å². The molecule has 3 aliphatic heterocycles. The summed E-state index contributed by atoms with van der Waals surface area (Å²) < 4.78 is 6.32. The topological polar surface area (TPSA) is 118 Å². The first-order valence-electron chi connectivity index (χ1n) is 14.9. The molecule has 0 saturated carbocycles. The van der Waals surface area contributed by atoms with E-state index in [0.717, 1.165) is 60.3 Å². The van der Waals surface area contributed by atoms with Crippen molar-refractivity contribution in [2.24, 2.45) is 0 Å². The zero-order valence-electron chi connectivity index (χ0n) is 24.6. The Kier molecular flexibility index (Phi) is 7.98. The van der Waals surface area contributed by atoms with Crippen LogP contribution in [0.3, 0.4) is 0 Å². The van der Waals surface area contributed by atoms with Gasteiger partial charge in [0.15, 0.2) is 0 Å². The molecule has 3 aromatic rings. The lowest BCUT2D eigenvalue weighted by molar-refractivity contribution is -0.128. The number of hydrogen-bond donors (Lipinski definition) is 1. The predicted molar refractivity (Wildman–Crippen MR) is 162 cm³/mol. The van der Waals surface area contributed by atoms with Crippen LogP contribution in [0.4, 0.5) is 11.5 Å². The maximum atomic E-state index is 12.6.